The predicted octanol–water partition coefficient (Wildman–Crippen LogP) is 3.17. The molecule has 0 saturated heterocycles. The van der Waals surface area contributed by atoms with E-state index in [1.165, 1.54) is 12.1 Å². The Morgan fingerprint density at radius 3 is 2.53 bits per heavy atom. The molecule has 0 aliphatic rings. The van der Waals surface area contributed by atoms with E-state index < -0.39 is 6.10 Å². The molecule has 1 N–H and O–H groups in total. The molecule has 0 aliphatic heterocycles. The van der Waals surface area contributed by atoms with Crippen molar-refractivity contribution in [3.63, 3.8) is 0 Å². The Morgan fingerprint density at radius 2 is 1.94 bits per heavy atom. The molecular weight excluding hydrogens is 216 g/mol. The summed E-state index contributed by atoms with van der Waals surface area (Å²) in [7, 11) is 0. The van der Waals surface area contributed by atoms with Crippen molar-refractivity contribution >= 4 is 5.78 Å². The maximum Gasteiger partial charge on any atom is 0.191 e. The van der Waals surface area contributed by atoms with E-state index in [4.69, 9.17) is 9.84 Å². The lowest BCUT2D eigenvalue weighted by molar-refractivity contribution is 0.0465. The van der Waals surface area contributed by atoms with E-state index in [0.717, 1.165) is 19.3 Å². The molecule has 0 bridgehead atoms. The molecule has 1 rings (SSSR count). The van der Waals surface area contributed by atoms with Crippen molar-refractivity contribution in [2.24, 2.45) is 0 Å². The van der Waals surface area contributed by atoms with E-state index in [0.29, 0.717) is 12.2 Å². The van der Waals surface area contributed by atoms with Crippen molar-refractivity contribution in [1.29, 1.82) is 0 Å². The molecule has 17 heavy (non-hydrogen) atoms. The molecule has 3 nitrogen and oxygen atoms in total. The summed E-state index contributed by atoms with van der Waals surface area (Å²) in [6, 6.07) is 6.25. The molecule has 1 unspecified atom stereocenters. The molecule has 0 amide bonds. The molecule has 0 aliphatic carbocycles. The van der Waals surface area contributed by atoms with Gasteiger partial charge in [-0.25, -0.2) is 0 Å². The van der Waals surface area contributed by atoms with Crippen molar-refractivity contribution in [2.75, 3.05) is 6.61 Å². The van der Waals surface area contributed by atoms with Crippen molar-refractivity contribution < 1.29 is 14.6 Å². The molecule has 0 aromatic heterocycles. The first-order valence-corrected chi connectivity index (χ1v) is 6.10. The molecular formula is C14H20O3. The van der Waals surface area contributed by atoms with E-state index in [9.17, 15) is 4.79 Å². The third kappa shape index (κ3) is 4.57. The average Bonchev–Trinajstić information content (AvgIpc) is 2.34. The van der Waals surface area contributed by atoms with Gasteiger partial charge < -0.3 is 9.84 Å². The number of hydrogen-bond donors (Lipinski definition) is 1. The molecule has 0 fully saturated rings. The van der Waals surface area contributed by atoms with Gasteiger partial charge in [0.2, 0.25) is 0 Å². The van der Waals surface area contributed by atoms with Crippen LogP contribution in [-0.4, -0.2) is 23.6 Å². The van der Waals surface area contributed by atoms with Crippen molar-refractivity contribution in [1.82, 2.24) is 0 Å². The molecule has 0 saturated carbocycles. The first-order valence-electron chi connectivity index (χ1n) is 6.10. The highest BCUT2D eigenvalue weighted by Crippen LogP contribution is 2.12. The molecule has 1 aromatic carbocycles. The van der Waals surface area contributed by atoms with Crippen LogP contribution in [-0.2, 0) is 4.74 Å². The van der Waals surface area contributed by atoms with Gasteiger partial charge in [0.05, 0.1) is 0 Å². The van der Waals surface area contributed by atoms with Crippen LogP contribution in [0.4, 0.5) is 0 Å². The molecule has 0 radical (unpaired) electrons. The maximum absolute atomic E-state index is 11.9. The zero-order valence-corrected chi connectivity index (χ0v) is 10.5. The number of ketones is 1. The van der Waals surface area contributed by atoms with Crippen LogP contribution in [0.5, 0.6) is 5.75 Å². The lowest BCUT2D eigenvalue weighted by Gasteiger charge is -2.11. The standard InChI is InChI=1S/C14H20O3/c1-3-4-5-10-17-11(2)14(16)12-6-8-13(15)9-7-12/h6-9,11,15H,3-5,10H2,1-2H3. The summed E-state index contributed by atoms with van der Waals surface area (Å²) >= 11 is 0. The number of phenolic OH excluding ortho intramolecular Hbond substituents is 1. The Labute approximate surface area is 102 Å². The van der Waals surface area contributed by atoms with Crippen LogP contribution in [0.1, 0.15) is 43.5 Å². The number of unbranched alkanes of at least 4 members (excludes halogenated alkanes) is 2. The average molecular weight is 236 g/mol. The second-order valence-corrected chi connectivity index (χ2v) is 4.13. The molecule has 1 aromatic rings. The van der Waals surface area contributed by atoms with Gasteiger partial charge in [0.1, 0.15) is 11.9 Å². The highest BCUT2D eigenvalue weighted by atomic mass is 16.5. The van der Waals surface area contributed by atoms with Gasteiger partial charge in [-0.2, -0.15) is 0 Å². The van der Waals surface area contributed by atoms with Crippen molar-refractivity contribution in [3.8, 4) is 5.75 Å². The molecule has 0 heterocycles. The highest BCUT2D eigenvalue weighted by Gasteiger charge is 2.15. The maximum atomic E-state index is 11.9. The Morgan fingerprint density at radius 1 is 1.29 bits per heavy atom. The minimum Gasteiger partial charge on any atom is -0.508 e. The van der Waals surface area contributed by atoms with Gasteiger partial charge in [0, 0.05) is 12.2 Å². The fraction of sp³-hybridized carbons (Fsp3) is 0.500. The van der Waals surface area contributed by atoms with E-state index in [1.54, 1.807) is 19.1 Å². The zero-order chi connectivity index (χ0) is 12.7. The monoisotopic (exact) mass is 236 g/mol. The lowest BCUT2D eigenvalue weighted by Crippen LogP contribution is -2.21. The first kappa shape index (κ1) is 13.7. The smallest absolute Gasteiger partial charge is 0.191 e. The van der Waals surface area contributed by atoms with Gasteiger partial charge >= 0.3 is 0 Å². The number of carbonyl (C=O) groups is 1. The summed E-state index contributed by atoms with van der Waals surface area (Å²) in [4.78, 5) is 11.9. The van der Waals surface area contributed by atoms with Crippen LogP contribution < -0.4 is 0 Å². The van der Waals surface area contributed by atoms with E-state index in [-0.39, 0.29) is 11.5 Å². The summed E-state index contributed by atoms with van der Waals surface area (Å²) < 4.78 is 5.48. The van der Waals surface area contributed by atoms with E-state index in [1.807, 2.05) is 0 Å². The van der Waals surface area contributed by atoms with E-state index >= 15 is 0 Å². The van der Waals surface area contributed by atoms with Crippen molar-refractivity contribution in [2.45, 2.75) is 39.2 Å². The second kappa shape index (κ2) is 7.07. The zero-order valence-electron chi connectivity index (χ0n) is 10.5. The van der Waals surface area contributed by atoms with Crippen LogP contribution in [0.2, 0.25) is 0 Å². The number of hydrogen-bond acceptors (Lipinski definition) is 3. The summed E-state index contributed by atoms with van der Waals surface area (Å²) in [5, 5.41) is 9.13. The Bertz CT molecular complexity index is 343. The number of rotatable bonds is 7. The summed E-state index contributed by atoms with van der Waals surface area (Å²) in [6.45, 7) is 4.52. The Balaban J connectivity index is 2.43. The van der Waals surface area contributed by atoms with E-state index in [2.05, 4.69) is 6.92 Å². The van der Waals surface area contributed by atoms with Gasteiger partial charge in [0.25, 0.3) is 0 Å². The first-order chi connectivity index (χ1) is 8.15. The lowest BCUT2D eigenvalue weighted by atomic mass is 10.1. The fourth-order valence-corrected chi connectivity index (χ4v) is 1.55. The third-order valence-electron chi connectivity index (χ3n) is 2.64. The minimum absolute atomic E-state index is 0.0403. The van der Waals surface area contributed by atoms with Crippen LogP contribution in [0.15, 0.2) is 24.3 Å². The van der Waals surface area contributed by atoms with Gasteiger partial charge in [-0.05, 0) is 37.6 Å². The Hall–Kier alpha value is -1.35. The molecule has 1 atom stereocenters. The van der Waals surface area contributed by atoms with Gasteiger partial charge in [-0.1, -0.05) is 19.8 Å². The number of Topliss-reactive ketones (excluding diaryl/α,β-unsaturated/α-hetero) is 1. The fourth-order valence-electron chi connectivity index (χ4n) is 1.55. The van der Waals surface area contributed by atoms with Gasteiger partial charge in [-0.15, -0.1) is 0 Å². The summed E-state index contributed by atoms with van der Waals surface area (Å²) in [5.74, 6) is 0.125. The van der Waals surface area contributed by atoms with Crippen LogP contribution in [0.3, 0.4) is 0 Å². The van der Waals surface area contributed by atoms with Crippen LogP contribution in [0.25, 0.3) is 0 Å². The number of benzene rings is 1. The highest BCUT2D eigenvalue weighted by molar-refractivity contribution is 5.99. The van der Waals surface area contributed by atoms with Crippen LogP contribution >= 0.6 is 0 Å². The number of phenols is 1. The SMILES string of the molecule is CCCCCOC(C)C(=O)c1ccc(O)cc1. The quantitative estimate of drug-likeness (QED) is 0.584. The van der Waals surface area contributed by atoms with Crippen molar-refractivity contribution in [3.05, 3.63) is 29.8 Å². The second-order valence-electron chi connectivity index (χ2n) is 4.13. The predicted molar refractivity (Wildman–Crippen MR) is 67.4 cm³/mol. The summed E-state index contributed by atoms with van der Waals surface area (Å²) in [5.41, 5.74) is 0.575. The molecule has 0 spiro atoms. The minimum atomic E-state index is -0.420. The van der Waals surface area contributed by atoms with Gasteiger partial charge in [0.15, 0.2) is 5.78 Å². The molecule has 3 heteroatoms. The number of ether oxygens (including phenoxy) is 1. The third-order valence-corrected chi connectivity index (χ3v) is 2.64. The van der Waals surface area contributed by atoms with Crippen LogP contribution in [0, 0.1) is 0 Å². The number of aromatic hydroxyl groups is 1. The van der Waals surface area contributed by atoms with Gasteiger partial charge in [-0.3, -0.25) is 4.79 Å². The summed E-state index contributed by atoms with van der Waals surface area (Å²) in [6.07, 6.45) is 2.84. The number of carbonyl (C=O) groups excluding carboxylic acids is 1. The molecule has 94 valence electrons. The largest absolute Gasteiger partial charge is 0.508 e. The topological polar surface area (TPSA) is 46.5 Å². The Kier molecular flexibility index (Phi) is 5.70. The normalized spacial score (nSPS) is 12.4.